The normalized spacial score (nSPS) is 15.8. The number of aromatic amines is 2. The van der Waals surface area contributed by atoms with E-state index in [1.54, 1.807) is 0 Å². The molecule has 0 aliphatic carbocycles. The van der Waals surface area contributed by atoms with Crippen molar-refractivity contribution in [3.05, 3.63) is 130 Å². The average molecular weight is 463 g/mol. The van der Waals surface area contributed by atoms with Crippen LogP contribution in [-0.2, 0) is 0 Å². The molecule has 4 aromatic carbocycles. The smallest absolute Gasteiger partial charge is 0.199 e. The van der Waals surface area contributed by atoms with Crippen LogP contribution in [0.5, 0.6) is 0 Å². The van der Waals surface area contributed by atoms with Gasteiger partial charge in [0.15, 0.2) is 11.6 Å². The van der Waals surface area contributed by atoms with Gasteiger partial charge in [-0.2, -0.15) is 0 Å². The van der Waals surface area contributed by atoms with Gasteiger partial charge < -0.3 is 9.97 Å². The second-order valence-electron chi connectivity index (χ2n) is 8.94. The molecule has 6 nitrogen and oxygen atoms in total. The van der Waals surface area contributed by atoms with Gasteiger partial charge in [0.2, 0.25) is 0 Å². The van der Waals surface area contributed by atoms with Crippen molar-refractivity contribution < 1.29 is 0 Å². The minimum Gasteiger partial charge on any atom is -0.360 e. The van der Waals surface area contributed by atoms with Crippen LogP contribution in [-0.4, -0.2) is 9.97 Å². The molecule has 0 saturated heterocycles. The molecule has 36 heavy (non-hydrogen) atoms. The largest absolute Gasteiger partial charge is 0.360 e. The molecule has 4 heterocycles. The number of aromatic nitrogens is 2. The Labute approximate surface area is 204 Å². The molecule has 0 bridgehead atoms. The predicted molar refractivity (Wildman–Crippen MR) is 139 cm³/mol. The summed E-state index contributed by atoms with van der Waals surface area (Å²) >= 11 is 0. The molecule has 2 aromatic heterocycles. The molecule has 6 heteroatoms. The topological polar surface area (TPSA) is 81.0 Å². The molecule has 0 radical (unpaired) electrons. The third-order valence-electron chi connectivity index (χ3n) is 6.86. The van der Waals surface area contributed by atoms with Crippen molar-refractivity contribution in [3.8, 4) is 22.5 Å². The number of H-pyrrole nitrogens is 2. The highest BCUT2D eigenvalue weighted by atomic mass is 15.1. The summed E-state index contributed by atoms with van der Waals surface area (Å²) in [5, 5.41) is 7.98. The first kappa shape index (κ1) is 19.2. The van der Waals surface area contributed by atoms with Gasteiger partial charge in [-0.15, -0.1) is 0 Å². The van der Waals surface area contributed by atoms with Crippen LogP contribution in [0.4, 0.5) is 0 Å². The lowest BCUT2D eigenvalue weighted by molar-refractivity contribution is 1.08. The zero-order valence-electron chi connectivity index (χ0n) is 19.0. The second-order valence-corrected chi connectivity index (χ2v) is 8.94. The molecule has 2 aliphatic rings. The monoisotopic (exact) mass is 462 g/mol. The summed E-state index contributed by atoms with van der Waals surface area (Å²) in [6, 6.07) is 28.8. The number of nitrogens with one attached hydrogen (secondary N) is 2. The van der Waals surface area contributed by atoms with Gasteiger partial charge >= 0.3 is 0 Å². The maximum absolute atomic E-state index is 4.92. The Hall–Kier alpha value is -5.10. The first-order chi connectivity index (χ1) is 17.8. The Kier molecular flexibility index (Phi) is 3.85. The second kappa shape index (κ2) is 7.20. The van der Waals surface area contributed by atoms with E-state index in [-0.39, 0.29) is 0 Å². The fraction of sp³-hybridized carbons (Fsp3) is 0. The highest BCUT2D eigenvalue weighted by Gasteiger charge is 2.18. The lowest BCUT2D eigenvalue weighted by Gasteiger charge is -1.99. The molecule has 2 aliphatic heterocycles. The summed E-state index contributed by atoms with van der Waals surface area (Å²) in [4.78, 5) is 26.3. The van der Waals surface area contributed by atoms with Gasteiger partial charge in [0.25, 0.3) is 0 Å². The predicted octanol–water partition coefficient (Wildman–Crippen LogP) is 4.32. The number of hydrogen-bond donors (Lipinski definition) is 2. The Balaban J connectivity index is 1.32. The van der Waals surface area contributed by atoms with Crippen molar-refractivity contribution in [2.24, 2.45) is 20.0 Å². The quantitative estimate of drug-likeness (QED) is 0.385. The molecule has 0 amide bonds. The molecule has 6 aromatic rings. The molecule has 0 unspecified atom stereocenters. The number of para-hydroxylation sites is 2. The summed E-state index contributed by atoms with van der Waals surface area (Å²) in [5.74, 6) is 1.07. The van der Waals surface area contributed by atoms with Gasteiger partial charge in [0.05, 0.1) is 22.1 Å². The van der Waals surface area contributed by atoms with Crippen molar-refractivity contribution in [1.29, 1.82) is 0 Å². The van der Waals surface area contributed by atoms with Crippen LogP contribution in [0.2, 0.25) is 0 Å². The van der Waals surface area contributed by atoms with Gasteiger partial charge in [-0.1, -0.05) is 72.8 Å². The van der Waals surface area contributed by atoms with E-state index >= 15 is 0 Å². The van der Waals surface area contributed by atoms with Crippen molar-refractivity contribution in [3.63, 3.8) is 0 Å². The van der Waals surface area contributed by atoms with E-state index < -0.39 is 0 Å². The number of fused-ring (bicyclic) bond motifs is 4. The number of rotatable bonds is 2. The van der Waals surface area contributed by atoms with E-state index in [4.69, 9.17) is 20.0 Å². The van der Waals surface area contributed by atoms with Gasteiger partial charge in [0, 0.05) is 34.3 Å². The Bertz CT molecular complexity index is 2010. The lowest BCUT2D eigenvalue weighted by atomic mass is 10.1. The summed E-state index contributed by atoms with van der Waals surface area (Å²) in [7, 11) is 0. The van der Waals surface area contributed by atoms with Crippen molar-refractivity contribution in [1.82, 2.24) is 9.97 Å². The molecule has 168 valence electrons. The van der Waals surface area contributed by atoms with Crippen LogP contribution in [0.1, 0.15) is 0 Å². The third-order valence-corrected chi connectivity index (χ3v) is 6.86. The molecule has 0 spiro atoms. The SMILES string of the molecule is c1cc(-c2[nH]cc3ccccc23)c2c(c1)=NC(=C1N=c3cccc(-c4[nH]cc5ccccc45)c3=N1)N=2. The maximum Gasteiger partial charge on any atom is 0.199 e. The van der Waals surface area contributed by atoms with Gasteiger partial charge in [-0.3, -0.25) is 0 Å². The van der Waals surface area contributed by atoms with E-state index in [2.05, 4.69) is 58.5 Å². The third kappa shape index (κ3) is 2.72. The highest BCUT2D eigenvalue weighted by molar-refractivity contribution is 5.96. The lowest BCUT2D eigenvalue weighted by Crippen LogP contribution is -2.23. The molecular formula is C30H18N6. The fourth-order valence-electron chi connectivity index (χ4n) is 5.17. The van der Waals surface area contributed by atoms with E-state index in [1.807, 2.05) is 48.8 Å². The number of nitrogens with zero attached hydrogens (tertiary/aromatic N) is 4. The number of benzene rings is 4. The van der Waals surface area contributed by atoms with Crippen LogP contribution in [0, 0.1) is 0 Å². The first-order valence-corrected chi connectivity index (χ1v) is 11.8. The van der Waals surface area contributed by atoms with Crippen LogP contribution in [0.3, 0.4) is 0 Å². The average Bonchev–Trinajstić information content (AvgIpc) is 3.71. The van der Waals surface area contributed by atoms with Gasteiger partial charge in [-0.05, 0) is 22.9 Å². The van der Waals surface area contributed by atoms with E-state index in [1.165, 1.54) is 10.8 Å². The van der Waals surface area contributed by atoms with Crippen LogP contribution >= 0.6 is 0 Å². The first-order valence-electron chi connectivity index (χ1n) is 11.8. The fourth-order valence-corrected chi connectivity index (χ4v) is 5.17. The van der Waals surface area contributed by atoms with E-state index in [0.717, 1.165) is 54.7 Å². The molecule has 0 saturated carbocycles. The standard InChI is InChI=1S/C30H18N6/c1-3-9-19-17(7-1)15-31-25(19)21-11-5-13-23-27(21)35-29(33-23)30-34-24-14-6-12-22(28(24)36-30)26-20-10-4-2-8-18(20)16-32-26/h1-16,31-32H. The van der Waals surface area contributed by atoms with Crippen molar-refractivity contribution in [2.75, 3.05) is 0 Å². The van der Waals surface area contributed by atoms with Crippen LogP contribution in [0.25, 0.3) is 44.1 Å². The minimum absolute atomic E-state index is 0.534. The number of hydrogen-bond acceptors (Lipinski definition) is 4. The molecule has 0 fully saturated rings. The van der Waals surface area contributed by atoms with Crippen LogP contribution < -0.4 is 21.4 Å². The van der Waals surface area contributed by atoms with Gasteiger partial charge in [-0.25, -0.2) is 20.0 Å². The Morgan fingerprint density at radius 3 is 1.42 bits per heavy atom. The summed E-state index contributed by atoms with van der Waals surface area (Å²) in [6.45, 7) is 0. The highest BCUT2D eigenvalue weighted by Crippen LogP contribution is 2.27. The van der Waals surface area contributed by atoms with E-state index in [9.17, 15) is 0 Å². The van der Waals surface area contributed by atoms with Gasteiger partial charge in [0.1, 0.15) is 10.7 Å². The molecular weight excluding hydrogens is 444 g/mol. The van der Waals surface area contributed by atoms with Crippen molar-refractivity contribution >= 4 is 21.5 Å². The summed E-state index contributed by atoms with van der Waals surface area (Å²) < 4.78 is 0. The summed E-state index contributed by atoms with van der Waals surface area (Å²) in [5.41, 5.74) is 4.11. The minimum atomic E-state index is 0.534. The summed E-state index contributed by atoms with van der Waals surface area (Å²) in [6.07, 6.45) is 4.05. The Morgan fingerprint density at radius 1 is 0.444 bits per heavy atom. The molecule has 2 N–H and O–H groups in total. The zero-order valence-corrected chi connectivity index (χ0v) is 19.0. The molecule has 8 rings (SSSR count). The van der Waals surface area contributed by atoms with Crippen LogP contribution in [0.15, 0.2) is 129 Å². The van der Waals surface area contributed by atoms with E-state index in [0.29, 0.717) is 11.6 Å². The Morgan fingerprint density at radius 2 is 0.917 bits per heavy atom. The maximum atomic E-state index is 4.92. The zero-order chi connectivity index (χ0) is 23.6. The van der Waals surface area contributed by atoms with Crippen molar-refractivity contribution in [2.45, 2.75) is 0 Å². The molecule has 0 atom stereocenters.